The highest BCUT2D eigenvalue weighted by Gasteiger charge is 2.16. The Balaban J connectivity index is 1.93. The molecule has 114 valence electrons. The molecular weight excluding hydrogens is 281 g/mol. The van der Waals surface area contributed by atoms with Crippen molar-refractivity contribution in [2.75, 3.05) is 13.7 Å². The fourth-order valence-corrected chi connectivity index (χ4v) is 2.26. The molecular formula is C18H18FNO2. The Morgan fingerprint density at radius 1 is 1.18 bits per heavy atom. The van der Waals surface area contributed by atoms with E-state index in [1.165, 1.54) is 19.2 Å². The minimum atomic E-state index is -0.412. The van der Waals surface area contributed by atoms with Gasteiger partial charge in [-0.25, -0.2) is 4.39 Å². The zero-order valence-electron chi connectivity index (χ0n) is 12.5. The molecule has 0 aromatic heterocycles. The van der Waals surface area contributed by atoms with Crippen LogP contribution in [-0.4, -0.2) is 13.7 Å². The van der Waals surface area contributed by atoms with Crippen molar-refractivity contribution in [2.24, 2.45) is 0 Å². The quantitative estimate of drug-likeness (QED) is 0.716. The molecule has 0 saturated heterocycles. The van der Waals surface area contributed by atoms with E-state index in [9.17, 15) is 9.65 Å². The lowest BCUT2D eigenvalue weighted by atomic mass is 9.95. The van der Waals surface area contributed by atoms with Crippen LogP contribution >= 0.6 is 0 Å². The summed E-state index contributed by atoms with van der Waals surface area (Å²) in [7, 11) is 1.52. The first-order valence-electron chi connectivity index (χ1n) is 7.15. The molecule has 0 aliphatic rings. The van der Waals surface area contributed by atoms with Crippen LogP contribution < -0.4 is 9.47 Å². The van der Waals surface area contributed by atoms with E-state index in [-0.39, 0.29) is 5.82 Å². The van der Waals surface area contributed by atoms with Gasteiger partial charge in [-0.1, -0.05) is 18.2 Å². The van der Waals surface area contributed by atoms with Crippen molar-refractivity contribution in [1.82, 2.24) is 0 Å². The molecule has 0 spiro atoms. The predicted molar refractivity (Wildman–Crippen MR) is 82.5 cm³/mol. The molecule has 0 N–H and O–H groups in total. The van der Waals surface area contributed by atoms with Gasteiger partial charge in [-0.3, -0.25) is 0 Å². The highest BCUT2D eigenvalue weighted by molar-refractivity contribution is 5.39. The maximum atomic E-state index is 13.4. The standard InChI is InChI=1S/C18H18FNO2/c1-21-18-10-9-15(19)12-17(18)14(13-20)6-5-11-22-16-7-3-2-4-8-16/h2-4,7-10,12,14H,5-6,11H2,1H3. The van der Waals surface area contributed by atoms with E-state index in [0.29, 0.717) is 30.8 Å². The molecule has 0 aliphatic carbocycles. The average molecular weight is 299 g/mol. The SMILES string of the molecule is COc1ccc(F)cc1C(C#N)CCCOc1ccccc1. The third kappa shape index (κ3) is 4.23. The maximum Gasteiger partial charge on any atom is 0.123 e. The summed E-state index contributed by atoms with van der Waals surface area (Å²) in [6.45, 7) is 0.514. The van der Waals surface area contributed by atoms with Gasteiger partial charge < -0.3 is 9.47 Å². The number of hydrogen-bond donors (Lipinski definition) is 0. The molecule has 2 aromatic rings. The molecule has 2 rings (SSSR count). The van der Waals surface area contributed by atoms with Crippen LogP contribution in [0.4, 0.5) is 4.39 Å². The van der Waals surface area contributed by atoms with Gasteiger partial charge >= 0.3 is 0 Å². The van der Waals surface area contributed by atoms with E-state index in [1.807, 2.05) is 30.3 Å². The van der Waals surface area contributed by atoms with Crippen LogP contribution in [0.3, 0.4) is 0 Å². The lowest BCUT2D eigenvalue weighted by Gasteiger charge is -2.14. The van der Waals surface area contributed by atoms with Crippen LogP contribution in [0.15, 0.2) is 48.5 Å². The Morgan fingerprint density at radius 3 is 2.64 bits per heavy atom. The van der Waals surface area contributed by atoms with Gasteiger partial charge in [0.05, 0.1) is 25.7 Å². The molecule has 0 heterocycles. The molecule has 4 heteroatoms. The Kier molecular flexibility index (Phi) is 5.79. The van der Waals surface area contributed by atoms with Crippen LogP contribution in [0.25, 0.3) is 0 Å². The number of nitriles is 1. The largest absolute Gasteiger partial charge is 0.496 e. The first kappa shape index (κ1) is 15.8. The zero-order valence-corrected chi connectivity index (χ0v) is 12.5. The molecule has 1 atom stereocenters. The highest BCUT2D eigenvalue weighted by Crippen LogP contribution is 2.30. The van der Waals surface area contributed by atoms with Gasteiger partial charge in [-0.05, 0) is 43.2 Å². The van der Waals surface area contributed by atoms with Crippen LogP contribution in [0, 0.1) is 17.1 Å². The van der Waals surface area contributed by atoms with Gasteiger partial charge in [0.2, 0.25) is 0 Å². The summed E-state index contributed by atoms with van der Waals surface area (Å²) < 4.78 is 24.2. The second kappa shape index (κ2) is 8.04. The van der Waals surface area contributed by atoms with Gasteiger partial charge in [-0.2, -0.15) is 5.26 Å². The van der Waals surface area contributed by atoms with Gasteiger partial charge in [0, 0.05) is 5.56 Å². The molecule has 0 saturated carbocycles. The average Bonchev–Trinajstić information content (AvgIpc) is 2.56. The number of rotatable bonds is 7. The highest BCUT2D eigenvalue weighted by atomic mass is 19.1. The van der Waals surface area contributed by atoms with Crippen LogP contribution in [0.1, 0.15) is 24.3 Å². The van der Waals surface area contributed by atoms with Crippen LogP contribution in [0.2, 0.25) is 0 Å². The van der Waals surface area contributed by atoms with Crippen molar-refractivity contribution in [3.8, 4) is 17.6 Å². The van der Waals surface area contributed by atoms with Crippen molar-refractivity contribution in [3.05, 3.63) is 59.9 Å². The lowest BCUT2D eigenvalue weighted by molar-refractivity contribution is 0.304. The van der Waals surface area contributed by atoms with Crippen molar-refractivity contribution in [3.63, 3.8) is 0 Å². The Hall–Kier alpha value is -2.54. The number of ether oxygens (including phenoxy) is 2. The van der Waals surface area contributed by atoms with E-state index in [2.05, 4.69) is 6.07 Å². The third-order valence-electron chi connectivity index (χ3n) is 3.37. The molecule has 0 bridgehead atoms. The van der Waals surface area contributed by atoms with Gasteiger partial charge in [-0.15, -0.1) is 0 Å². The van der Waals surface area contributed by atoms with Crippen molar-refractivity contribution < 1.29 is 13.9 Å². The molecule has 22 heavy (non-hydrogen) atoms. The summed E-state index contributed by atoms with van der Waals surface area (Å²) in [6, 6.07) is 16.0. The van der Waals surface area contributed by atoms with E-state index < -0.39 is 5.92 Å². The minimum absolute atomic E-state index is 0.364. The minimum Gasteiger partial charge on any atom is -0.496 e. The Labute approximate surface area is 129 Å². The number of benzene rings is 2. The number of methoxy groups -OCH3 is 1. The molecule has 1 unspecified atom stereocenters. The third-order valence-corrected chi connectivity index (χ3v) is 3.37. The molecule has 0 radical (unpaired) electrons. The second-order valence-electron chi connectivity index (χ2n) is 4.87. The first-order valence-corrected chi connectivity index (χ1v) is 7.15. The van der Waals surface area contributed by atoms with Crippen molar-refractivity contribution >= 4 is 0 Å². The summed E-state index contributed by atoms with van der Waals surface area (Å²) in [5, 5.41) is 9.34. The topological polar surface area (TPSA) is 42.2 Å². The second-order valence-corrected chi connectivity index (χ2v) is 4.87. The Bertz CT molecular complexity index is 637. The van der Waals surface area contributed by atoms with Gasteiger partial charge in [0.1, 0.15) is 17.3 Å². The fraction of sp³-hybridized carbons (Fsp3) is 0.278. The summed E-state index contributed by atoms with van der Waals surface area (Å²) in [6.07, 6.45) is 1.29. The van der Waals surface area contributed by atoms with E-state index in [4.69, 9.17) is 9.47 Å². The van der Waals surface area contributed by atoms with E-state index in [1.54, 1.807) is 6.07 Å². The summed E-state index contributed by atoms with van der Waals surface area (Å²) >= 11 is 0. The monoisotopic (exact) mass is 299 g/mol. The first-order chi connectivity index (χ1) is 10.7. The number of halogens is 1. The van der Waals surface area contributed by atoms with Crippen molar-refractivity contribution in [1.29, 1.82) is 5.26 Å². The normalized spacial score (nSPS) is 11.5. The smallest absolute Gasteiger partial charge is 0.123 e. The number of nitrogens with zero attached hydrogens (tertiary/aromatic N) is 1. The number of hydrogen-bond acceptors (Lipinski definition) is 3. The predicted octanol–water partition coefficient (Wildman–Crippen LogP) is 4.30. The lowest BCUT2D eigenvalue weighted by Crippen LogP contribution is -2.04. The van der Waals surface area contributed by atoms with E-state index >= 15 is 0 Å². The molecule has 3 nitrogen and oxygen atoms in total. The van der Waals surface area contributed by atoms with Crippen LogP contribution in [0.5, 0.6) is 11.5 Å². The molecule has 0 amide bonds. The molecule has 2 aromatic carbocycles. The van der Waals surface area contributed by atoms with Crippen LogP contribution in [-0.2, 0) is 0 Å². The summed E-state index contributed by atoms with van der Waals surface area (Å²) in [5.41, 5.74) is 0.588. The Morgan fingerprint density at radius 2 is 1.95 bits per heavy atom. The maximum absolute atomic E-state index is 13.4. The summed E-state index contributed by atoms with van der Waals surface area (Å²) in [5.74, 6) is 0.567. The molecule has 0 aliphatic heterocycles. The fourth-order valence-electron chi connectivity index (χ4n) is 2.26. The van der Waals surface area contributed by atoms with Gasteiger partial charge in [0.25, 0.3) is 0 Å². The molecule has 0 fully saturated rings. The van der Waals surface area contributed by atoms with E-state index in [0.717, 1.165) is 5.75 Å². The van der Waals surface area contributed by atoms with Gasteiger partial charge in [0.15, 0.2) is 0 Å². The number of para-hydroxylation sites is 1. The summed E-state index contributed by atoms with van der Waals surface area (Å²) in [4.78, 5) is 0. The zero-order chi connectivity index (χ0) is 15.8. The van der Waals surface area contributed by atoms with Crippen molar-refractivity contribution in [2.45, 2.75) is 18.8 Å².